The van der Waals surface area contributed by atoms with E-state index in [0.29, 0.717) is 11.4 Å². The average Bonchev–Trinajstić information content (AvgIpc) is 2.53. The van der Waals surface area contributed by atoms with E-state index < -0.39 is 9.84 Å². The van der Waals surface area contributed by atoms with Crippen LogP contribution in [0.25, 0.3) is 0 Å². The van der Waals surface area contributed by atoms with Crippen LogP contribution in [0.4, 0.5) is 5.69 Å². The lowest BCUT2D eigenvalue weighted by molar-refractivity contribution is 0.393. The fourth-order valence-electron chi connectivity index (χ4n) is 2.27. The van der Waals surface area contributed by atoms with Crippen molar-refractivity contribution < 1.29 is 17.9 Å². The lowest BCUT2D eigenvalue weighted by Crippen LogP contribution is -2.16. The lowest BCUT2D eigenvalue weighted by Gasteiger charge is -2.20. The van der Waals surface area contributed by atoms with Crippen LogP contribution in [0.2, 0.25) is 0 Å². The number of benzene rings is 2. The zero-order valence-corrected chi connectivity index (χ0v) is 14.6. The van der Waals surface area contributed by atoms with Crippen molar-refractivity contribution in [1.29, 1.82) is 0 Å². The lowest BCUT2D eigenvalue weighted by atomic mass is 10.1. The van der Waals surface area contributed by atoms with Crippen molar-refractivity contribution in [2.75, 3.05) is 32.4 Å². The Labute approximate surface area is 137 Å². The molecule has 0 fully saturated rings. The Morgan fingerprint density at radius 3 is 1.91 bits per heavy atom. The molecule has 0 heterocycles. The molecule has 0 radical (unpaired) electrons. The molecule has 0 unspecified atom stereocenters. The molecule has 2 aromatic rings. The zero-order valence-electron chi connectivity index (χ0n) is 13.7. The monoisotopic (exact) mass is 335 g/mol. The van der Waals surface area contributed by atoms with Crippen LogP contribution in [0.5, 0.6) is 11.5 Å². The fourth-order valence-corrected chi connectivity index (χ4v) is 2.90. The van der Waals surface area contributed by atoms with Gasteiger partial charge in [0, 0.05) is 31.6 Å². The normalized spacial score (nSPS) is 11.1. The van der Waals surface area contributed by atoms with Crippen molar-refractivity contribution in [2.24, 2.45) is 0 Å². The maximum Gasteiger partial charge on any atom is 0.175 e. The Morgan fingerprint density at radius 2 is 1.48 bits per heavy atom. The summed E-state index contributed by atoms with van der Waals surface area (Å²) < 4.78 is 33.6. The summed E-state index contributed by atoms with van der Waals surface area (Å²) in [7, 11) is 2.01. The third-order valence-corrected chi connectivity index (χ3v) is 4.67. The summed E-state index contributed by atoms with van der Waals surface area (Å²) in [6, 6.07) is 12.6. The van der Waals surface area contributed by atoms with Crippen LogP contribution in [-0.4, -0.2) is 35.9 Å². The maximum absolute atomic E-state index is 11.5. The summed E-state index contributed by atoms with van der Waals surface area (Å²) in [6.45, 7) is 0.645. The van der Waals surface area contributed by atoms with Gasteiger partial charge in [0.1, 0.15) is 11.5 Å². The van der Waals surface area contributed by atoms with Gasteiger partial charge in [-0.3, -0.25) is 0 Å². The summed E-state index contributed by atoms with van der Waals surface area (Å²) in [6.07, 6.45) is 1.20. The highest BCUT2D eigenvalue weighted by Gasteiger charge is 2.09. The van der Waals surface area contributed by atoms with E-state index in [9.17, 15) is 8.42 Å². The third kappa shape index (κ3) is 4.39. The van der Waals surface area contributed by atoms with Gasteiger partial charge >= 0.3 is 0 Å². The second-order valence-corrected chi connectivity index (χ2v) is 7.36. The molecule has 5 nitrogen and oxygen atoms in total. The van der Waals surface area contributed by atoms with Crippen LogP contribution in [0.15, 0.2) is 47.4 Å². The van der Waals surface area contributed by atoms with Gasteiger partial charge < -0.3 is 14.4 Å². The van der Waals surface area contributed by atoms with Crippen molar-refractivity contribution in [2.45, 2.75) is 11.4 Å². The Hall–Kier alpha value is -2.21. The van der Waals surface area contributed by atoms with E-state index in [1.54, 1.807) is 38.5 Å². The molecule has 0 aliphatic carbocycles. The first-order valence-corrected chi connectivity index (χ1v) is 8.96. The number of hydrogen-bond acceptors (Lipinski definition) is 5. The molecule has 0 spiro atoms. The molecule has 0 amide bonds. The van der Waals surface area contributed by atoms with E-state index >= 15 is 0 Å². The van der Waals surface area contributed by atoms with Gasteiger partial charge in [-0.25, -0.2) is 8.42 Å². The van der Waals surface area contributed by atoms with E-state index in [0.717, 1.165) is 22.7 Å². The molecule has 2 rings (SSSR count). The number of nitrogens with zero attached hydrogens (tertiary/aromatic N) is 1. The molecule has 0 aromatic heterocycles. The average molecular weight is 335 g/mol. The zero-order chi connectivity index (χ0) is 17.0. The van der Waals surface area contributed by atoms with Crippen LogP contribution in [0.1, 0.15) is 5.56 Å². The third-order valence-electron chi connectivity index (χ3n) is 3.54. The van der Waals surface area contributed by atoms with Crippen LogP contribution in [0.3, 0.4) is 0 Å². The van der Waals surface area contributed by atoms with Crippen molar-refractivity contribution in [3.05, 3.63) is 48.0 Å². The van der Waals surface area contributed by atoms with Gasteiger partial charge in [-0.2, -0.15) is 0 Å². The first-order valence-electron chi connectivity index (χ1n) is 7.06. The highest BCUT2D eigenvalue weighted by atomic mass is 32.2. The second kappa shape index (κ2) is 6.91. The van der Waals surface area contributed by atoms with Gasteiger partial charge in [-0.05, 0) is 42.0 Å². The standard InChI is InChI=1S/C17H21NO4S/c1-18(14-5-7-17(8-6-14)23(4,19)20)12-13-9-15(21-2)11-16(10-13)22-3/h5-11H,12H2,1-4H3. The molecule has 23 heavy (non-hydrogen) atoms. The van der Waals surface area contributed by atoms with Crippen LogP contribution >= 0.6 is 0 Å². The molecule has 0 N–H and O–H groups in total. The van der Waals surface area contributed by atoms with E-state index in [1.165, 1.54) is 6.26 Å². The fraction of sp³-hybridized carbons (Fsp3) is 0.294. The molecule has 0 saturated carbocycles. The molecular weight excluding hydrogens is 314 g/mol. The smallest absolute Gasteiger partial charge is 0.175 e. The first-order chi connectivity index (χ1) is 10.8. The van der Waals surface area contributed by atoms with Crippen molar-refractivity contribution >= 4 is 15.5 Å². The SMILES string of the molecule is COc1cc(CN(C)c2ccc(S(C)(=O)=O)cc2)cc(OC)c1. The molecule has 0 aliphatic rings. The van der Waals surface area contributed by atoms with Crippen LogP contribution in [0, 0.1) is 0 Å². The molecule has 0 saturated heterocycles. The minimum atomic E-state index is -3.17. The van der Waals surface area contributed by atoms with Crippen molar-refractivity contribution in [3.63, 3.8) is 0 Å². The first kappa shape index (κ1) is 17.1. The van der Waals surface area contributed by atoms with E-state index in [1.807, 2.05) is 30.1 Å². The van der Waals surface area contributed by atoms with Gasteiger partial charge in [0.25, 0.3) is 0 Å². The number of methoxy groups -OCH3 is 2. The summed E-state index contributed by atoms with van der Waals surface area (Å²) >= 11 is 0. The highest BCUT2D eigenvalue weighted by molar-refractivity contribution is 7.90. The maximum atomic E-state index is 11.5. The number of sulfone groups is 1. The molecule has 0 aliphatic heterocycles. The van der Waals surface area contributed by atoms with Gasteiger partial charge in [0.15, 0.2) is 9.84 Å². The minimum absolute atomic E-state index is 0.317. The predicted molar refractivity (Wildman–Crippen MR) is 91.2 cm³/mol. The molecule has 0 bridgehead atoms. The Bertz CT molecular complexity index is 747. The Kier molecular flexibility index (Phi) is 5.15. The molecule has 6 heteroatoms. The second-order valence-electron chi connectivity index (χ2n) is 5.34. The minimum Gasteiger partial charge on any atom is -0.497 e. The molecule has 124 valence electrons. The number of anilines is 1. The van der Waals surface area contributed by atoms with Crippen LogP contribution < -0.4 is 14.4 Å². The predicted octanol–water partition coefficient (Wildman–Crippen LogP) is 2.74. The summed E-state index contributed by atoms with van der Waals surface area (Å²) in [4.78, 5) is 2.35. The summed E-state index contributed by atoms with van der Waals surface area (Å²) in [5, 5.41) is 0. The number of rotatable bonds is 6. The van der Waals surface area contributed by atoms with Gasteiger partial charge in [0.05, 0.1) is 19.1 Å². The van der Waals surface area contributed by atoms with Crippen molar-refractivity contribution in [3.8, 4) is 11.5 Å². The number of ether oxygens (including phenoxy) is 2. The molecular formula is C17H21NO4S. The van der Waals surface area contributed by atoms with Gasteiger partial charge in [0.2, 0.25) is 0 Å². The van der Waals surface area contributed by atoms with E-state index in [4.69, 9.17) is 9.47 Å². The van der Waals surface area contributed by atoms with E-state index in [-0.39, 0.29) is 0 Å². The largest absolute Gasteiger partial charge is 0.497 e. The van der Waals surface area contributed by atoms with E-state index in [2.05, 4.69) is 0 Å². The summed E-state index contributed by atoms with van der Waals surface area (Å²) in [5.41, 5.74) is 1.97. The quantitative estimate of drug-likeness (QED) is 0.812. The summed E-state index contributed by atoms with van der Waals surface area (Å²) in [5.74, 6) is 1.47. The van der Waals surface area contributed by atoms with Crippen LogP contribution in [-0.2, 0) is 16.4 Å². The molecule has 2 aromatic carbocycles. The Morgan fingerprint density at radius 1 is 0.957 bits per heavy atom. The number of hydrogen-bond donors (Lipinski definition) is 0. The molecule has 0 atom stereocenters. The van der Waals surface area contributed by atoms with Crippen molar-refractivity contribution in [1.82, 2.24) is 0 Å². The highest BCUT2D eigenvalue weighted by Crippen LogP contribution is 2.25. The van der Waals surface area contributed by atoms with Gasteiger partial charge in [-0.15, -0.1) is 0 Å². The van der Waals surface area contributed by atoms with Gasteiger partial charge in [-0.1, -0.05) is 0 Å². The Balaban J connectivity index is 2.20. The topological polar surface area (TPSA) is 55.8 Å².